The lowest BCUT2D eigenvalue weighted by molar-refractivity contribution is -0.119. The van der Waals surface area contributed by atoms with Crippen molar-refractivity contribution in [1.29, 1.82) is 0 Å². The van der Waals surface area contributed by atoms with E-state index in [1.807, 2.05) is 50.1 Å². The molecule has 0 unspecified atom stereocenters. The van der Waals surface area contributed by atoms with Crippen LogP contribution in [-0.4, -0.2) is 28.1 Å². The van der Waals surface area contributed by atoms with Gasteiger partial charge in [-0.25, -0.2) is 0 Å². The zero-order valence-electron chi connectivity index (χ0n) is 15.0. The van der Waals surface area contributed by atoms with Gasteiger partial charge in [-0.1, -0.05) is 12.1 Å². The van der Waals surface area contributed by atoms with Crippen molar-refractivity contribution in [2.75, 3.05) is 11.4 Å². The number of hydrogen-bond donors (Lipinski definition) is 1. The summed E-state index contributed by atoms with van der Waals surface area (Å²) in [6, 6.07) is 7.82. The normalized spacial score (nSPS) is 14.7. The summed E-state index contributed by atoms with van der Waals surface area (Å²) >= 11 is 0. The van der Waals surface area contributed by atoms with Crippen LogP contribution in [0, 0.1) is 13.8 Å². The minimum absolute atomic E-state index is 0.123. The Hall–Kier alpha value is -2.63. The van der Waals surface area contributed by atoms with Gasteiger partial charge in [0.25, 0.3) is 5.91 Å². The molecule has 0 radical (unpaired) electrons. The molecule has 0 bridgehead atoms. The van der Waals surface area contributed by atoms with Crippen molar-refractivity contribution in [2.45, 2.75) is 39.7 Å². The van der Waals surface area contributed by atoms with Gasteiger partial charge in [-0.15, -0.1) is 0 Å². The van der Waals surface area contributed by atoms with E-state index in [2.05, 4.69) is 10.4 Å². The number of nitrogens with zero attached hydrogens (tertiary/aromatic N) is 3. The molecule has 1 fully saturated rings. The van der Waals surface area contributed by atoms with Crippen LogP contribution in [0.5, 0.6) is 0 Å². The third-order valence-corrected chi connectivity index (χ3v) is 4.73. The van der Waals surface area contributed by atoms with Crippen LogP contribution < -0.4 is 10.2 Å². The molecule has 1 saturated heterocycles. The average Bonchev–Trinajstić information content (AvgIpc) is 2.86. The maximum Gasteiger partial charge on any atom is 0.255 e. The van der Waals surface area contributed by atoms with Crippen molar-refractivity contribution >= 4 is 17.5 Å². The Morgan fingerprint density at radius 3 is 2.76 bits per heavy atom. The fourth-order valence-electron chi connectivity index (χ4n) is 3.29. The summed E-state index contributed by atoms with van der Waals surface area (Å²) in [5, 5.41) is 7.24. The van der Waals surface area contributed by atoms with Crippen LogP contribution >= 0.6 is 0 Å². The second kappa shape index (κ2) is 7.09. The van der Waals surface area contributed by atoms with E-state index in [1.54, 1.807) is 4.68 Å². The van der Waals surface area contributed by atoms with E-state index < -0.39 is 0 Å². The number of nitrogens with one attached hydrogen (secondary N) is 1. The maximum atomic E-state index is 12.5. The van der Waals surface area contributed by atoms with E-state index in [1.165, 1.54) is 0 Å². The first-order chi connectivity index (χ1) is 12.0. The highest BCUT2D eigenvalue weighted by atomic mass is 16.2. The molecule has 6 heteroatoms. The number of aryl methyl sites for hydroxylation is 2. The van der Waals surface area contributed by atoms with Crippen molar-refractivity contribution < 1.29 is 9.59 Å². The van der Waals surface area contributed by atoms with Crippen LogP contribution in [0.2, 0.25) is 0 Å². The molecule has 25 heavy (non-hydrogen) atoms. The molecule has 0 aliphatic carbocycles. The first-order valence-corrected chi connectivity index (χ1v) is 8.65. The van der Waals surface area contributed by atoms with Gasteiger partial charge in [0.1, 0.15) is 0 Å². The highest BCUT2D eigenvalue weighted by Crippen LogP contribution is 2.22. The molecule has 3 rings (SSSR count). The summed E-state index contributed by atoms with van der Waals surface area (Å²) in [4.78, 5) is 26.4. The molecule has 1 aromatic carbocycles. The van der Waals surface area contributed by atoms with E-state index in [-0.39, 0.29) is 11.8 Å². The molecule has 2 aromatic rings. The number of carbonyl (C=O) groups is 2. The Labute approximate surface area is 147 Å². The third kappa shape index (κ3) is 3.57. The van der Waals surface area contributed by atoms with Gasteiger partial charge in [-0.05, 0) is 44.4 Å². The zero-order valence-corrected chi connectivity index (χ0v) is 15.0. The SMILES string of the molecule is Cc1nn(C)c(C)c1C(=O)NCc1cccc(N2CCCCC2=O)c1. The van der Waals surface area contributed by atoms with Gasteiger partial charge < -0.3 is 10.2 Å². The molecule has 1 aliphatic rings. The van der Waals surface area contributed by atoms with Crippen LogP contribution in [-0.2, 0) is 18.4 Å². The summed E-state index contributed by atoms with van der Waals surface area (Å²) in [5.74, 6) is 0.0524. The lowest BCUT2D eigenvalue weighted by Crippen LogP contribution is -2.35. The first-order valence-electron chi connectivity index (χ1n) is 8.65. The van der Waals surface area contributed by atoms with E-state index in [0.717, 1.165) is 42.0 Å². The molecule has 1 N–H and O–H groups in total. The topological polar surface area (TPSA) is 67.2 Å². The predicted molar refractivity (Wildman–Crippen MR) is 96.5 cm³/mol. The molecule has 0 spiro atoms. The Morgan fingerprint density at radius 1 is 1.28 bits per heavy atom. The molecular formula is C19H24N4O2. The van der Waals surface area contributed by atoms with Gasteiger partial charge in [0.05, 0.1) is 11.3 Å². The number of piperidine rings is 1. The first kappa shape index (κ1) is 17.2. The largest absolute Gasteiger partial charge is 0.348 e. The Balaban J connectivity index is 1.70. The number of aromatic nitrogens is 2. The number of carbonyl (C=O) groups excluding carboxylic acids is 2. The van der Waals surface area contributed by atoms with Gasteiger partial charge in [0.2, 0.25) is 5.91 Å². The highest BCUT2D eigenvalue weighted by molar-refractivity contribution is 5.96. The van der Waals surface area contributed by atoms with Crippen molar-refractivity contribution in [3.05, 3.63) is 46.8 Å². The number of amides is 2. The van der Waals surface area contributed by atoms with E-state index in [0.29, 0.717) is 18.5 Å². The summed E-state index contributed by atoms with van der Waals surface area (Å²) < 4.78 is 1.72. The van der Waals surface area contributed by atoms with E-state index in [9.17, 15) is 9.59 Å². The molecule has 6 nitrogen and oxygen atoms in total. The van der Waals surface area contributed by atoms with Crippen molar-refractivity contribution in [2.24, 2.45) is 7.05 Å². The zero-order chi connectivity index (χ0) is 18.0. The fourth-order valence-corrected chi connectivity index (χ4v) is 3.29. The smallest absolute Gasteiger partial charge is 0.255 e. The minimum atomic E-state index is -0.123. The lowest BCUT2D eigenvalue weighted by atomic mass is 10.1. The average molecular weight is 340 g/mol. The van der Waals surface area contributed by atoms with Gasteiger partial charge in [0.15, 0.2) is 0 Å². The summed E-state index contributed by atoms with van der Waals surface area (Å²) in [6.07, 6.45) is 2.61. The third-order valence-electron chi connectivity index (χ3n) is 4.73. The predicted octanol–water partition coefficient (Wildman–Crippen LogP) is 2.48. The standard InChI is InChI=1S/C19H24N4O2/c1-13-18(14(2)22(3)21-13)19(25)20-12-15-7-6-8-16(11-15)23-10-5-4-9-17(23)24/h6-8,11H,4-5,9-10,12H2,1-3H3,(H,20,25). The van der Waals surface area contributed by atoms with Gasteiger partial charge in [-0.3, -0.25) is 14.3 Å². The summed E-state index contributed by atoms with van der Waals surface area (Å²) in [6.45, 7) is 4.91. The second-order valence-electron chi connectivity index (χ2n) is 6.52. The van der Waals surface area contributed by atoms with Gasteiger partial charge in [-0.2, -0.15) is 5.10 Å². The molecule has 0 saturated carbocycles. The molecule has 1 aliphatic heterocycles. The highest BCUT2D eigenvalue weighted by Gasteiger charge is 2.20. The molecule has 0 atom stereocenters. The van der Waals surface area contributed by atoms with Crippen LogP contribution in [0.15, 0.2) is 24.3 Å². The van der Waals surface area contributed by atoms with Crippen molar-refractivity contribution in [1.82, 2.24) is 15.1 Å². The summed E-state index contributed by atoms with van der Waals surface area (Å²) in [7, 11) is 1.83. The molecular weight excluding hydrogens is 316 g/mol. The van der Waals surface area contributed by atoms with Crippen molar-refractivity contribution in [3.63, 3.8) is 0 Å². The Bertz CT molecular complexity index is 810. The van der Waals surface area contributed by atoms with E-state index in [4.69, 9.17) is 0 Å². The summed E-state index contributed by atoms with van der Waals surface area (Å²) in [5.41, 5.74) is 4.09. The van der Waals surface area contributed by atoms with Crippen LogP contribution in [0.3, 0.4) is 0 Å². The number of benzene rings is 1. The fraction of sp³-hybridized carbons (Fsp3) is 0.421. The molecule has 132 valence electrons. The van der Waals surface area contributed by atoms with E-state index >= 15 is 0 Å². The van der Waals surface area contributed by atoms with Crippen LogP contribution in [0.25, 0.3) is 0 Å². The monoisotopic (exact) mass is 340 g/mol. The Kier molecular flexibility index (Phi) is 4.88. The maximum absolute atomic E-state index is 12.5. The van der Waals surface area contributed by atoms with Gasteiger partial charge >= 0.3 is 0 Å². The van der Waals surface area contributed by atoms with Crippen LogP contribution in [0.1, 0.15) is 46.6 Å². The minimum Gasteiger partial charge on any atom is -0.348 e. The quantitative estimate of drug-likeness (QED) is 0.930. The van der Waals surface area contributed by atoms with Crippen LogP contribution in [0.4, 0.5) is 5.69 Å². The lowest BCUT2D eigenvalue weighted by Gasteiger charge is -2.27. The number of hydrogen-bond acceptors (Lipinski definition) is 3. The molecule has 2 heterocycles. The second-order valence-corrected chi connectivity index (χ2v) is 6.52. The molecule has 2 amide bonds. The number of anilines is 1. The molecule has 1 aromatic heterocycles. The van der Waals surface area contributed by atoms with Crippen molar-refractivity contribution in [3.8, 4) is 0 Å². The Morgan fingerprint density at radius 2 is 2.08 bits per heavy atom. The van der Waals surface area contributed by atoms with Gasteiger partial charge in [0, 0.05) is 37.9 Å². The number of rotatable bonds is 4.